The summed E-state index contributed by atoms with van der Waals surface area (Å²) in [4.78, 5) is 0.360. The second-order valence-corrected chi connectivity index (χ2v) is 9.90. The molecule has 3 aromatic carbocycles. The molecule has 0 aromatic heterocycles. The lowest BCUT2D eigenvalue weighted by Crippen LogP contribution is -2.37. The van der Waals surface area contributed by atoms with E-state index in [1.54, 1.807) is 28.6 Å². The van der Waals surface area contributed by atoms with E-state index >= 15 is 0 Å². The second-order valence-electron chi connectivity index (χ2n) is 7.97. The molecule has 0 spiro atoms. The molecule has 0 amide bonds. The Kier molecular flexibility index (Phi) is 5.89. The van der Waals surface area contributed by atoms with Gasteiger partial charge in [0.2, 0.25) is 10.0 Å². The van der Waals surface area contributed by atoms with Crippen LogP contribution in [0.5, 0.6) is 0 Å². The summed E-state index contributed by atoms with van der Waals surface area (Å²) in [5.74, 6) is 0. The van der Waals surface area contributed by atoms with Crippen LogP contribution in [-0.4, -0.2) is 25.8 Å². The molecular formula is C26H27NO2S. The molecule has 0 radical (unpaired) electrons. The first-order valence-corrected chi connectivity index (χ1v) is 11.8. The molecule has 154 valence electrons. The van der Waals surface area contributed by atoms with Crippen molar-refractivity contribution in [1.82, 2.24) is 4.31 Å². The Labute approximate surface area is 179 Å². The Morgan fingerprint density at radius 2 is 1.30 bits per heavy atom. The second kappa shape index (κ2) is 8.58. The van der Waals surface area contributed by atoms with E-state index in [9.17, 15) is 8.42 Å². The fourth-order valence-corrected chi connectivity index (χ4v) is 5.50. The van der Waals surface area contributed by atoms with Gasteiger partial charge in [-0.2, -0.15) is 4.31 Å². The highest BCUT2D eigenvalue weighted by atomic mass is 32.2. The van der Waals surface area contributed by atoms with E-state index in [2.05, 4.69) is 62.4 Å². The Bertz CT molecular complexity index is 1100. The number of hydrogen-bond donors (Lipinski definition) is 0. The van der Waals surface area contributed by atoms with Gasteiger partial charge in [0, 0.05) is 13.1 Å². The summed E-state index contributed by atoms with van der Waals surface area (Å²) in [7, 11) is -3.51. The van der Waals surface area contributed by atoms with Crippen LogP contribution in [0.3, 0.4) is 0 Å². The van der Waals surface area contributed by atoms with Gasteiger partial charge < -0.3 is 0 Å². The van der Waals surface area contributed by atoms with Crippen LogP contribution in [0.2, 0.25) is 0 Å². The van der Waals surface area contributed by atoms with E-state index in [1.807, 2.05) is 6.07 Å². The average molecular weight is 418 g/mol. The monoisotopic (exact) mass is 417 g/mol. The predicted molar refractivity (Wildman–Crippen MR) is 123 cm³/mol. The van der Waals surface area contributed by atoms with Gasteiger partial charge in [0.25, 0.3) is 0 Å². The number of aryl methyl sites for hydroxylation is 2. The Morgan fingerprint density at radius 3 is 1.83 bits per heavy atom. The first-order chi connectivity index (χ1) is 14.4. The molecule has 0 unspecified atom stereocenters. The molecule has 1 fully saturated rings. The summed E-state index contributed by atoms with van der Waals surface area (Å²) in [5.41, 5.74) is 7.03. The summed E-state index contributed by atoms with van der Waals surface area (Å²) in [5, 5.41) is 0. The molecular weight excluding hydrogens is 390 g/mol. The third kappa shape index (κ3) is 4.25. The van der Waals surface area contributed by atoms with Crippen LogP contribution < -0.4 is 0 Å². The maximum Gasteiger partial charge on any atom is 0.243 e. The molecule has 1 heterocycles. The molecule has 1 saturated heterocycles. The molecule has 1 aliphatic rings. The van der Waals surface area contributed by atoms with Crippen LogP contribution in [-0.2, 0) is 10.0 Å². The zero-order chi connectivity index (χ0) is 21.1. The quantitative estimate of drug-likeness (QED) is 0.555. The molecule has 3 nitrogen and oxygen atoms in total. The van der Waals surface area contributed by atoms with Crippen molar-refractivity contribution in [2.75, 3.05) is 13.1 Å². The van der Waals surface area contributed by atoms with Gasteiger partial charge in [0.05, 0.1) is 4.90 Å². The normalized spacial score (nSPS) is 15.2. The van der Waals surface area contributed by atoms with Crippen LogP contribution in [0.15, 0.2) is 89.3 Å². The van der Waals surface area contributed by atoms with Gasteiger partial charge in [0.1, 0.15) is 0 Å². The highest BCUT2D eigenvalue weighted by Crippen LogP contribution is 2.33. The van der Waals surface area contributed by atoms with Crippen molar-refractivity contribution in [1.29, 1.82) is 0 Å². The third-order valence-corrected chi connectivity index (χ3v) is 7.53. The van der Waals surface area contributed by atoms with Gasteiger partial charge in [-0.3, -0.25) is 0 Å². The maximum absolute atomic E-state index is 13.2. The summed E-state index contributed by atoms with van der Waals surface area (Å²) in [6.07, 6.45) is 1.72. The van der Waals surface area contributed by atoms with Gasteiger partial charge in [-0.25, -0.2) is 8.42 Å². The number of nitrogens with zero attached hydrogens (tertiary/aromatic N) is 1. The van der Waals surface area contributed by atoms with Crippen molar-refractivity contribution in [2.24, 2.45) is 0 Å². The SMILES string of the molecule is Cc1ccc(C(=C2CCCN(S(=O)(=O)c3ccccc3)C2)c2ccc(C)cc2)cc1. The largest absolute Gasteiger partial charge is 0.243 e. The zero-order valence-electron chi connectivity index (χ0n) is 17.5. The summed E-state index contributed by atoms with van der Waals surface area (Å²) >= 11 is 0. The molecule has 30 heavy (non-hydrogen) atoms. The molecule has 3 aromatic rings. The number of sulfonamides is 1. The standard InChI is InChI=1S/C26H27NO2S/c1-20-10-14-22(15-11-20)26(23-16-12-21(2)13-17-23)24-7-6-18-27(19-24)30(28,29)25-8-4-3-5-9-25/h3-5,8-17H,6-7,18-19H2,1-2H3. The topological polar surface area (TPSA) is 37.4 Å². The fraction of sp³-hybridized carbons (Fsp3) is 0.231. The summed E-state index contributed by atoms with van der Waals surface area (Å²) < 4.78 is 28.1. The summed E-state index contributed by atoms with van der Waals surface area (Å²) in [6, 6.07) is 25.8. The van der Waals surface area contributed by atoms with Crippen molar-refractivity contribution in [3.63, 3.8) is 0 Å². The molecule has 0 saturated carbocycles. The number of hydrogen-bond acceptors (Lipinski definition) is 2. The van der Waals surface area contributed by atoms with Gasteiger partial charge >= 0.3 is 0 Å². The van der Waals surface area contributed by atoms with Crippen molar-refractivity contribution in [3.8, 4) is 0 Å². The Balaban J connectivity index is 1.79. The molecule has 0 bridgehead atoms. The predicted octanol–water partition coefficient (Wildman–Crippen LogP) is 5.59. The van der Waals surface area contributed by atoms with E-state index in [0.717, 1.165) is 29.5 Å². The van der Waals surface area contributed by atoms with Crippen LogP contribution in [0.25, 0.3) is 5.57 Å². The summed E-state index contributed by atoms with van der Waals surface area (Å²) in [6.45, 7) is 5.14. The first-order valence-electron chi connectivity index (χ1n) is 10.4. The minimum absolute atomic E-state index is 0.360. The van der Waals surface area contributed by atoms with E-state index in [1.165, 1.54) is 16.7 Å². The molecule has 1 aliphatic heterocycles. The number of benzene rings is 3. The van der Waals surface area contributed by atoms with Crippen LogP contribution >= 0.6 is 0 Å². The van der Waals surface area contributed by atoms with E-state index < -0.39 is 10.0 Å². The lowest BCUT2D eigenvalue weighted by molar-refractivity contribution is 0.395. The zero-order valence-corrected chi connectivity index (χ0v) is 18.3. The Morgan fingerprint density at radius 1 is 0.767 bits per heavy atom. The van der Waals surface area contributed by atoms with Crippen molar-refractivity contribution in [2.45, 2.75) is 31.6 Å². The third-order valence-electron chi connectivity index (χ3n) is 5.67. The lowest BCUT2D eigenvalue weighted by atomic mass is 9.89. The number of piperidine rings is 1. The fourth-order valence-electron chi connectivity index (χ4n) is 4.01. The minimum Gasteiger partial charge on any atom is -0.207 e. The van der Waals surface area contributed by atoms with E-state index in [4.69, 9.17) is 0 Å². The van der Waals surface area contributed by atoms with Gasteiger partial charge in [-0.15, -0.1) is 0 Å². The number of rotatable bonds is 4. The smallest absolute Gasteiger partial charge is 0.207 e. The van der Waals surface area contributed by atoms with Crippen LogP contribution in [0.4, 0.5) is 0 Å². The highest BCUT2D eigenvalue weighted by molar-refractivity contribution is 7.89. The maximum atomic E-state index is 13.2. The Hall–Kier alpha value is -2.69. The lowest BCUT2D eigenvalue weighted by Gasteiger charge is -2.30. The molecule has 4 heteroatoms. The molecule has 0 aliphatic carbocycles. The van der Waals surface area contributed by atoms with Crippen LogP contribution in [0.1, 0.15) is 35.1 Å². The first kappa shape index (κ1) is 20.6. The van der Waals surface area contributed by atoms with Crippen molar-refractivity contribution in [3.05, 3.63) is 107 Å². The van der Waals surface area contributed by atoms with Gasteiger partial charge in [-0.05, 0) is 61.1 Å². The van der Waals surface area contributed by atoms with Gasteiger partial charge in [0.15, 0.2) is 0 Å². The van der Waals surface area contributed by atoms with Crippen molar-refractivity contribution < 1.29 is 8.42 Å². The van der Waals surface area contributed by atoms with Crippen molar-refractivity contribution >= 4 is 15.6 Å². The van der Waals surface area contributed by atoms with Gasteiger partial charge in [-0.1, -0.05) is 77.9 Å². The molecule has 4 rings (SSSR count). The molecule has 0 N–H and O–H groups in total. The van der Waals surface area contributed by atoms with Crippen LogP contribution in [0, 0.1) is 13.8 Å². The van der Waals surface area contributed by atoms with E-state index in [-0.39, 0.29) is 0 Å². The minimum atomic E-state index is -3.51. The average Bonchev–Trinajstić information content (AvgIpc) is 2.77. The highest BCUT2D eigenvalue weighted by Gasteiger charge is 2.29. The molecule has 0 atom stereocenters. The van der Waals surface area contributed by atoms with E-state index in [0.29, 0.717) is 18.0 Å².